The van der Waals surface area contributed by atoms with Gasteiger partial charge in [0.15, 0.2) is 6.10 Å². The van der Waals surface area contributed by atoms with Gasteiger partial charge in [0, 0.05) is 14.1 Å². The molecule has 0 bridgehead atoms. The van der Waals surface area contributed by atoms with E-state index in [0.29, 0.717) is 5.76 Å². The highest BCUT2D eigenvalue weighted by Crippen LogP contribution is 2.23. The summed E-state index contributed by atoms with van der Waals surface area (Å²) in [5, 5.41) is 2.58. The minimum atomic E-state index is -3.75. The van der Waals surface area contributed by atoms with E-state index in [1.54, 1.807) is 12.1 Å². The number of sulfonamides is 1. The number of rotatable bonds is 7. The van der Waals surface area contributed by atoms with Crippen LogP contribution in [-0.4, -0.2) is 44.8 Å². The normalized spacial score (nSPS) is 12.6. The standard InChI is InChI=1S/C17H19ClN2O6S/c1-11(16(21)19-10-12-5-4-8-25-12)26-17(22)14-9-13(6-7-15(14)18)27(23,24)20(2)3/h4-9,11H,10H2,1-3H3,(H,19,21)/t11-/m0/s1. The van der Waals surface area contributed by atoms with Gasteiger partial charge in [-0.2, -0.15) is 0 Å². The van der Waals surface area contributed by atoms with Gasteiger partial charge in [0.05, 0.1) is 28.3 Å². The molecule has 10 heteroatoms. The summed E-state index contributed by atoms with van der Waals surface area (Å²) < 4.78 is 35.6. The van der Waals surface area contributed by atoms with E-state index >= 15 is 0 Å². The quantitative estimate of drug-likeness (QED) is 0.695. The molecular formula is C17H19ClN2O6S. The summed E-state index contributed by atoms with van der Waals surface area (Å²) in [6, 6.07) is 7.06. The fourth-order valence-electron chi connectivity index (χ4n) is 2.04. The van der Waals surface area contributed by atoms with Gasteiger partial charge in [-0.3, -0.25) is 4.79 Å². The van der Waals surface area contributed by atoms with Crippen LogP contribution in [0.5, 0.6) is 0 Å². The van der Waals surface area contributed by atoms with Crippen molar-refractivity contribution in [1.29, 1.82) is 0 Å². The lowest BCUT2D eigenvalue weighted by Gasteiger charge is -2.15. The lowest BCUT2D eigenvalue weighted by Crippen LogP contribution is -2.35. The van der Waals surface area contributed by atoms with Gasteiger partial charge in [-0.05, 0) is 37.3 Å². The molecule has 8 nitrogen and oxygen atoms in total. The zero-order valence-electron chi connectivity index (χ0n) is 14.9. The highest BCUT2D eigenvalue weighted by atomic mass is 35.5. The maximum Gasteiger partial charge on any atom is 0.340 e. The van der Waals surface area contributed by atoms with Crippen molar-refractivity contribution in [3.8, 4) is 0 Å². The minimum Gasteiger partial charge on any atom is -0.467 e. The molecule has 1 N–H and O–H groups in total. The van der Waals surface area contributed by atoms with Gasteiger partial charge >= 0.3 is 5.97 Å². The lowest BCUT2D eigenvalue weighted by molar-refractivity contribution is -0.129. The second-order valence-electron chi connectivity index (χ2n) is 5.77. The average molecular weight is 415 g/mol. The number of halogens is 1. The molecule has 0 spiro atoms. The Morgan fingerprint density at radius 1 is 1.30 bits per heavy atom. The van der Waals surface area contributed by atoms with Crippen LogP contribution in [0.4, 0.5) is 0 Å². The smallest absolute Gasteiger partial charge is 0.340 e. The molecular weight excluding hydrogens is 396 g/mol. The van der Waals surface area contributed by atoms with Crippen LogP contribution in [0.3, 0.4) is 0 Å². The Balaban J connectivity index is 2.09. The number of ether oxygens (including phenoxy) is 1. The third-order valence-corrected chi connectivity index (χ3v) is 5.75. The van der Waals surface area contributed by atoms with Crippen LogP contribution >= 0.6 is 11.6 Å². The third kappa shape index (κ3) is 5.09. The first kappa shape index (κ1) is 20.9. The summed E-state index contributed by atoms with van der Waals surface area (Å²) in [7, 11) is -1.01. The van der Waals surface area contributed by atoms with Crippen molar-refractivity contribution in [2.75, 3.05) is 14.1 Å². The molecule has 0 saturated carbocycles. The van der Waals surface area contributed by atoms with Gasteiger partial charge in [-0.25, -0.2) is 17.5 Å². The number of nitrogens with zero attached hydrogens (tertiary/aromatic N) is 1. The summed E-state index contributed by atoms with van der Waals surface area (Å²) in [4.78, 5) is 24.3. The Labute approximate surface area is 162 Å². The predicted octanol–water partition coefficient (Wildman–Crippen LogP) is 2.04. The van der Waals surface area contributed by atoms with Crippen molar-refractivity contribution >= 4 is 33.5 Å². The largest absolute Gasteiger partial charge is 0.467 e. The number of carbonyl (C=O) groups is 2. The second-order valence-corrected chi connectivity index (χ2v) is 8.33. The molecule has 0 unspecified atom stereocenters. The molecule has 1 atom stereocenters. The molecule has 0 aliphatic heterocycles. The van der Waals surface area contributed by atoms with Crippen LogP contribution in [0.25, 0.3) is 0 Å². The number of esters is 1. The van der Waals surface area contributed by atoms with Crippen LogP contribution in [0.2, 0.25) is 5.02 Å². The number of carbonyl (C=O) groups excluding carboxylic acids is 2. The van der Waals surface area contributed by atoms with E-state index < -0.39 is 28.0 Å². The van der Waals surface area contributed by atoms with Crippen molar-refractivity contribution in [3.05, 3.63) is 52.9 Å². The van der Waals surface area contributed by atoms with Gasteiger partial charge < -0.3 is 14.5 Å². The number of furan rings is 1. The topological polar surface area (TPSA) is 106 Å². The fraction of sp³-hybridized carbons (Fsp3) is 0.294. The maximum atomic E-state index is 12.3. The monoisotopic (exact) mass is 414 g/mol. The van der Waals surface area contributed by atoms with Gasteiger partial charge in [-0.15, -0.1) is 0 Å². The molecule has 1 amide bonds. The van der Waals surface area contributed by atoms with E-state index in [1.165, 1.54) is 39.4 Å². The first-order valence-corrected chi connectivity index (χ1v) is 9.68. The van der Waals surface area contributed by atoms with Crippen LogP contribution in [0.15, 0.2) is 45.9 Å². The van der Waals surface area contributed by atoms with Crippen molar-refractivity contribution in [2.24, 2.45) is 0 Å². The molecule has 1 heterocycles. The maximum absolute atomic E-state index is 12.3. The number of benzene rings is 1. The number of hydrogen-bond acceptors (Lipinski definition) is 6. The van der Waals surface area contributed by atoms with Crippen LogP contribution in [0, 0.1) is 0 Å². The Morgan fingerprint density at radius 2 is 2.00 bits per heavy atom. The van der Waals surface area contributed by atoms with E-state index in [9.17, 15) is 18.0 Å². The molecule has 2 rings (SSSR count). The molecule has 0 aliphatic carbocycles. The highest BCUT2D eigenvalue weighted by molar-refractivity contribution is 7.89. The fourth-order valence-corrected chi connectivity index (χ4v) is 3.16. The number of amides is 1. The van der Waals surface area contributed by atoms with Gasteiger partial charge in [0.2, 0.25) is 10.0 Å². The Morgan fingerprint density at radius 3 is 2.59 bits per heavy atom. The molecule has 0 fully saturated rings. The minimum absolute atomic E-state index is 0.0147. The zero-order chi connectivity index (χ0) is 20.2. The summed E-state index contributed by atoms with van der Waals surface area (Å²) in [5.41, 5.74) is -0.148. The van der Waals surface area contributed by atoms with E-state index in [4.69, 9.17) is 20.8 Å². The molecule has 27 heavy (non-hydrogen) atoms. The van der Waals surface area contributed by atoms with Crippen LogP contribution < -0.4 is 5.32 Å². The highest BCUT2D eigenvalue weighted by Gasteiger charge is 2.24. The number of nitrogens with one attached hydrogen (secondary N) is 1. The first-order valence-electron chi connectivity index (χ1n) is 7.86. The first-order chi connectivity index (χ1) is 12.6. The SMILES string of the molecule is C[C@H](OC(=O)c1cc(S(=O)(=O)N(C)C)ccc1Cl)C(=O)NCc1ccco1. The van der Waals surface area contributed by atoms with Crippen molar-refractivity contribution < 1.29 is 27.2 Å². The molecule has 0 aliphatic rings. The van der Waals surface area contributed by atoms with Crippen molar-refractivity contribution in [2.45, 2.75) is 24.5 Å². The van der Waals surface area contributed by atoms with E-state index in [0.717, 1.165) is 10.4 Å². The van der Waals surface area contributed by atoms with Gasteiger partial charge in [0.25, 0.3) is 5.91 Å². The van der Waals surface area contributed by atoms with Crippen LogP contribution in [0.1, 0.15) is 23.0 Å². The number of hydrogen-bond donors (Lipinski definition) is 1. The van der Waals surface area contributed by atoms with Crippen LogP contribution in [-0.2, 0) is 26.1 Å². The zero-order valence-corrected chi connectivity index (χ0v) is 16.5. The van der Waals surface area contributed by atoms with Crippen molar-refractivity contribution in [3.63, 3.8) is 0 Å². The van der Waals surface area contributed by atoms with Crippen molar-refractivity contribution in [1.82, 2.24) is 9.62 Å². The average Bonchev–Trinajstić information content (AvgIpc) is 3.13. The lowest BCUT2D eigenvalue weighted by atomic mass is 10.2. The Kier molecular flexibility index (Phi) is 6.63. The molecule has 0 radical (unpaired) electrons. The van der Waals surface area contributed by atoms with Gasteiger partial charge in [-0.1, -0.05) is 11.6 Å². The Bertz CT molecular complexity index is 925. The summed E-state index contributed by atoms with van der Waals surface area (Å²) in [5.74, 6) is -0.893. The predicted molar refractivity (Wildman–Crippen MR) is 97.8 cm³/mol. The Hall–Kier alpha value is -2.36. The van der Waals surface area contributed by atoms with E-state index in [1.807, 2.05) is 0 Å². The summed E-state index contributed by atoms with van der Waals surface area (Å²) >= 11 is 5.99. The summed E-state index contributed by atoms with van der Waals surface area (Å²) in [6.45, 7) is 1.54. The third-order valence-electron chi connectivity index (χ3n) is 3.61. The molecule has 146 valence electrons. The van der Waals surface area contributed by atoms with Gasteiger partial charge in [0.1, 0.15) is 5.76 Å². The molecule has 2 aromatic rings. The molecule has 0 saturated heterocycles. The van der Waals surface area contributed by atoms with E-state index in [2.05, 4.69) is 5.32 Å². The molecule has 1 aromatic heterocycles. The second kappa shape index (κ2) is 8.55. The van der Waals surface area contributed by atoms with E-state index in [-0.39, 0.29) is 22.0 Å². The summed E-state index contributed by atoms with van der Waals surface area (Å²) in [6.07, 6.45) is 0.361. The molecule has 1 aromatic carbocycles.